The third-order valence-corrected chi connectivity index (χ3v) is 1.85. The second-order valence-corrected chi connectivity index (χ2v) is 4.19. The summed E-state index contributed by atoms with van der Waals surface area (Å²) >= 11 is 0. The van der Waals surface area contributed by atoms with Crippen molar-refractivity contribution in [2.24, 2.45) is 0 Å². The van der Waals surface area contributed by atoms with Crippen molar-refractivity contribution in [2.75, 3.05) is 6.54 Å². The van der Waals surface area contributed by atoms with Crippen molar-refractivity contribution in [1.29, 1.82) is 0 Å². The molecule has 2 N–H and O–H groups in total. The molecule has 82 valence electrons. The van der Waals surface area contributed by atoms with Gasteiger partial charge in [-0.05, 0) is 27.2 Å². The average Bonchev–Trinajstić information content (AvgIpc) is 2.00. The Balaban J connectivity index is 3.93. The molecule has 3 heteroatoms. The number of aliphatic hydroxyl groups is 1. The summed E-state index contributed by atoms with van der Waals surface area (Å²) in [6, 6.07) is 0. The van der Waals surface area contributed by atoms with Crippen LogP contribution in [-0.2, 0) is 4.79 Å². The molecule has 0 heterocycles. The zero-order valence-corrected chi connectivity index (χ0v) is 9.55. The van der Waals surface area contributed by atoms with Crippen molar-refractivity contribution in [2.45, 2.75) is 46.1 Å². The Kier molecular flexibility index (Phi) is 5.46. The van der Waals surface area contributed by atoms with Crippen molar-refractivity contribution in [3.05, 3.63) is 11.6 Å². The number of nitrogens with one attached hydrogen (secondary N) is 1. The van der Waals surface area contributed by atoms with E-state index in [4.69, 9.17) is 0 Å². The predicted octanol–water partition coefficient (Wildman–Crippen LogP) is 1.62. The standard InChI is InChI=1S/C11H21NO2/c1-5-6-11(4,14)8-12-10(13)7-9(2)3/h7,14H,5-6,8H2,1-4H3,(H,12,13). The molecule has 0 radical (unpaired) electrons. The minimum absolute atomic E-state index is 0.138. The van der Waals surface area contributed by atoms with Crippen LogP contribution in [-0.4, -0.2) is 23.2 Å². The SMILES string of the molecule is CCCC(C)(O)CNC(=O)C=C(C)C. The van der Waals surface area contributed by atoms with E-state index in [2.05, 4.69) is 5.32 Å². The van der Waals surface area contributed by atoms with Gasteiger partial charge in [-0.25, -0.2) is 0 Å². The second-order valence-electron chi connectivity index (χ2n) is 4.19. The second kappa shape index (κ2) is 5.81. The Hall–Kier alpha value is -0.830. The smallest absolute Gasteiger partial charge is 0.244 e. The molecule has 1 amide bonds. The maximum absolute atomic E-state index is 11.2. The van der Waals surface area contributed by atoms with E-state index in [1.165, 1.54) is 6.08 Å². The molecule has 0 saturated heterocycles. The Morgan fingerprint density at radius 3 is 2.50 bits per heavy atom. The molecule has 0 aromatic rings. The molecular weight excluding hydrogens is 178 g/mol. The molecule has 0 fully saturated rings. The van der Waals surface area contributed by atoms with Crippen LogP contribution in [0.1, 0.15) is 40.5 Å². The van der Waals surface area contributed by atoms with E-state index in [1.54, 1.807) is 6.92 Å². The van der Waals surface area contributed by atoms with Crippen LogP contribution in [0.15, 0.2) is 11.6 Å². The largest absolute Gasteiger partial charge is 0.388 e. The number of hydrogen-bond donors (Lipinski definition) is 2. The number of hydrogen-bond acceptors (Lipinski definition) is 2. The van der Waals surface area contributed by atoms with E-state index in [0.717, 1.165) is 12.0 Å². The molecule has 0 aliphatic heterocycles. The van der Waals surface area contributed by atoms with E-state index in [-0.39, 0.29) is 5.91 Å². The van der Waals surface area contributed by atoms with Gasteiger partial charge in [-0.2, -0.15) is 0 Å². The molecule has 0 aromatic carbocycles. The third-order valence-electron chi connectivity index (χ3n) is 1.85. The predicted molar refractivity (Wildman–Crippen MR) is 58.0 cm³/mol. The van der Waals surface area contributed by atoms with Gasteiger partial charge in [0, 0.05) is 12.6 Å². The van der Waals surface area contributed by atoms with Crippen LogP contribution < -0.4 is 5.32 Å². The van der Waals surface area contributed by atoms with Gasteiger partial charge in [0.05, 0.1) is 5.60 Å². The lowest BCUT2D eigenvalue weighted by atomic mass is 10.0. The van der Waals surface area contributed by atoms with Gasteiger partial charge in [0.2, 0.25) is 5.91 Å². The number of carbonyl (C=O) groups is 1. The lowest BCUT2D eigenvalue weighted by molar-refractivity contribution is -0.117. The first-order chi connectivity index (χ1) is 6.37. The first-order valence-electron chi connectivity index (χ1n) is 5.02. The highest BCUT2D eigenvalue weighted by Gasteiger charge is 2.18. The fourth-order valence-corrected chi connectivity index (χ4v) is 1.22. The summed E-state index contributed by atoms with van der Waals surface area (Å²) in [4.78, 5) is 11.2. The van der Waals surface area contributed by atoms with Crippen LogP contribution in [0.4, 0.5) is 0 Å². The minimum Gasteiger partial charge on any atom is -0.388 e. The van der Waals surface area contributed by atoms with Crippen molar-refractivity contribution in [3.8, 4) is 0 Å². The third kappa shape index (κ3) is 6.66. The molecular formula is C11H21NO2. The van der Waals surface area contributed by atoms with Gasteiger partial charge in [-0.1, -0.05) is 18.9 Å². The van der Waals surface area contributed by atoms with E-state index in [9.17, 15) is 9.90 Å². The fourth-order valence-electron chi connectivity index (χ4n) is 1.22. The van der Waals surface area contributed by atoms with Crippen molar-refractivity contribution >= 4 is 5.91 Å². The van der Waals surface area contributed by atoms with E-state index in [1.807, 2.05) is 20.8 Å². The highest BCUT2D eigenvalue weighted by atomic mass is 16.3. The molecule has 0 spiro atoms. The molecule has 14 heavy (non-hydrogen) atoms. The minimum atomic E-state index is -0.792. The van der Waals surface area contributed by atoms with Crippen LogP contribution >= 0.6 is 0 Å². The number of carbonyl (C=O) groups excluding carboxylic acids is 1. The lowest BCUT2D eigenvalue weighted by Gasteiger charge is -2.22. The molecule has 0 aliphatic rings. The first kappa shape index (κ1) is 13.2. The van der Waals surface area contributed by atoms with Crippen molar-refractivity contribution < 1.29 is 9.90 Å². The van der Waals surface area contributed by atoms with Crippen LogP contribution in [0, 0.1) is 0 Å². The maximum Gasteiger partial charge on any atom is 0.244 e. The highest BCUT2D eigenvalue weighted by Crippen LogP contribution is 2.09. The Morgan fingerprint density at radius 2 is 2.07 bits per heavy atom. The number of rotatable bonds is 5. The summed E-state index contributed by atoms with van der Waals surface area (Å²) in [6.45, 7) is 7.78. The maximum atomic E-state index is 11.2. The zero-order chi connectivity index (χ0) is 11.2. The van der Waals surface area contributed by atoms with Crippen LogP contribution in [0.5, 0.6) is 0 Å². The van der Waals surface area contributed by atoms with E-state index >= 15 is 0 Å². The topological polar surface area (TPSA) is 49.3 Å². The zero-order valence-electron chi connectivity index (χ0n) is 9.55. The molecule has 1 unspecified atom stereocenters. The summed E-state index contributed by atoms with van der Waals surface area (Å²) < 4.78 is 0. The lowest BCUT2D eigenvalue weighted by Crippen LogP contribution is -2.39. The van der Waals surface area contributed by atoms with Crippen molar-refractivity contribution in [1.82, 2.24) is 5.32 Å². The summed E-state index contributed by atoms with van der Waals surface area (Å²) in [6.07, 6.45) is 3.13. The number of allylic oxidation sites excluding steroid dienone is 1. The molecule has 0 aliphatic carbocycles. The van der Waals surface area contributed by atoms with Crippen LogP contribution in [0.2, 0.25) is 0 Å². The van der Waals surface area contributed by atoms with Gasteiger partial charge >= 0.3 is 0 Å². The Labute approximate surface area is 86.2 Å². The van der Waals surface area contributed by atoms with Gasteiger partial charge < -0.3 is 10.4 Å². The van der Waals surface area contributed by atoms with Crippen LogP contribution in [0.3, 0.4) is 0 Å². The van der Waals surface area contributed by atoms with Crippen molar-refractivity contribution in [3.63, 3.8) is 0 Å². The van der Waals surface area contributed by atoms with Gasteiger partial charge in [-0.15, -0.1) is 0 Å². The monoisotopic (exact) mass is 199 g/mol. The molecule has 0 aromatic heterocycles. The fraction of sp³-hybridized carbons (Fsp3) is 0.727. The Bertz CT molecular complexity index is 215. The molecule has 0 bridgehead atoms. The Morgan fingerprint density at radius 1 is 1.50 bits per heavy atom. The van der Waals surface area contributed by atoms with Gasteiger partial charge in [-0.3, -0.25) is 4.79 Å². The normalized spacial score (nSPS) is 14.4. The van der Waals surface area contributed by atoms with Gasteiger partial charge in [0.1, 0.15) is 0 Å². The van der Waals surface area contributed by atoms with E-state index in [0.29, 0.717) is 13.0 Å². The molecule has 0 rings (SSSR count). The summed E-state index contributed by atoms with van der Waals surface area (Å²) in [7, 11) is 0. The van der Waals surface area contributed by atoms with Gasteiger partial charge in [0.15, 0.2) is 0 Å². The molecule has 0 saturated carbocycles. The van der Waals surface area contributed by atoms with Crippen LogP contribution in [0.25, 0.3) is 0 Å². The first-order valence-corrected chi connectivity index (χ1v) is 5.02. The molecule has 3 nitrogen and oxygen atoms in total. The molecule has 1 atom stereocenters. The summed E-state index contributed by atoms with van der Waals surface area (Å²) in [5, 5.41) is 12.4. The van der Waals surface area contributed by atoms with Gasteiger partial charge in [0.25, 0.3) is 0 Å². The average molecular weight is 199 g/mol. The number of amides is 1. The summed E-state index contributed by atoms with van der Waals surface area (Å²) in [5.74, 6) is -0.138. The van der Waals surface area contributed by atoms with E-state index < -0.39 is 5.60 Å². The summed E-state index contributed by atoms with van der Waals surface area (Å²) in [5.41, 5.74) is 0.164. The quantitative estimate of drug-likeness (QED) is 0.661. The highest BCUT2D eigenvalue weighted by molar-refractivity contribution is 5.88.